The first-order valence-electron chi connectivity index (χ1n) is 18.0. The Labute approximate surface area is 302 Å². The van der Waals surface area contributed by atoms with Crippen molar-refractivity contribution in [3.63, 3.8) is 0 Å². The van der Waals surface area contributed by atoms with E-state index in [4.69, 9.17) is 19.5 Å². The molecule has 0 bridgehead atoms. The molecule has 2 aliphatic heterocycles. The van der Waals surface area contributed by atoms with E-state index in [-0.39, 0.29) is 11.1 Å². The van der Waals surface area contributed by atoms with Crippen molar-refractivity contribution in [2.45, 2.75) is 38.8 Å². The van der Waals surface area contributed by atoms with E-state index in [0.29, 0.717) is 25.0 Å². The molecule has 2 aromatic heterocycles. The molecule has 254 valence electrons. The fourth-order valence-corrected chi connectivity index (χ4v) is 7.88. The maximum absolute atomic E-state index is 6.01. The highest BCUT2D eigenvalue weighted by Gasteiger charge is 2.28. The van der Waals surface area contributed by atoms with Gasteiger partial charge < -0.3 is 18.6 Å². The lowest BCUT2D eigenvalue weighted by Gasteiger charge is -2.11. The Bertz CT molecular complexity index is 2620. The quantitative estimate of drug-likeness (QED) is 0.182. The van der Waals surface area contributed by atoms with Crippen LogP contribution in [0, 0.1) is 0 Å². The standard InChI is InChI=1S/C46H38N4O2/c1-45(2)27-51-43(47-45)31-11-9-13-33(23-31)49-39-17-7-5-15-35(39)37-25-29(19-21-41(37)49)30-20-22-42-38(26-30)36-16-6-8-18-40(36)50(42)34-14-10-12-32(24-34)44-48-46(3,4)28-52-44/h5-26H,27-28H2,1-4H3. The summed E-state index contributed by atoms with van der Waals surface area (Å²) < 4.78 is 16.7. The van der Waals surface area contributed by atoms with E-state index in [1.807, 2.05) is 0 Å². The first-order chi connectivity index (χ1) is 25.2. The highest BCUT2D eigenvalue weighted by Crippen LogP contribution is 2.38. The minimum absolute atomic E-state index is 0.213. The highest BCUT2D eigenvalue weighted by molar-refractivity contribution is 6.13. The van der Waals surface area contributed by atoms with Crippen LogP contribution in [-0.4, -0.2) is 45.2 Å². The van der Waals surface area contributed by atoms with E-state index in [9.17, 15) is 0 Å². The number of para-hydroxylation sites is 2. The predicted molar refractivity (Wildman–Crippen MR) is 214 cm³/mol. The van der Waals surface area contributed by atoms with Crippen molar-refractivity contribution in [1.29, 1.82) is 0 Å². The summed E-state index contributed by atoms with van der Waals surface area (Å²) >= 11 is 0. The van der Waals surface area contributed by atoms with Gasteiger partial charge in [0.15, 0.2) is 0 Å². The van der Waals surface area contributed by atoms with Crippen molar-refractivity contribution in [2.75, 3.05) is 13.2 Å². The number of hydrogen-bond acceptors (Lipinski definition) is 4. The van der Waals surface area contributed by atoms with Gasteiger partial charge in [-0.2, -0.15) is 0 Å². The third-order valence-corrected chi connectivity index (χ3v) is 10.3. The number of rotatable bonds is 5. The number of nitrogens with zero attached hydrogens (tertiary/aromatic N) is 4. The molecule has 4 heterocycles. The average Bonchev–Trinajstić information content (AvgIpc) is 3.91. The van der Waals surface area contributed by atoms with E-state index in [1.54, 1.807) is 0 Å². The zero-order valence-electron chi connectivity index (χ0n) is 29.7. The third-order valence-electron chi connectivity index (χ3n) is 10.3. The monoisotopic (exact) mass is 678 g/mol. The predicted octanol–water partition coefficient (Wildman–Crippen LogP) is 10.7. The summed E-state index contributed by atoms with van der Waals surface area (Å²) in [7, 11) is 0. The van der Waals surface area contributed by atoms with Crippen molar-refractivity contribution in [3.05, 3.63) is 145 Å². The molecular formula is C46H38N4O2. The van der Waals surface area contributed by atoms with E-state index in [2.05, 4.69) is 170 Å². The Morgan fingerprint density at radius 1 is 0.423 bits per heavy atom. The lowest BCUT2D eigenvalue weighted by Crippen LogP contribution is -2.17. The summed E-state index contributed by atoms with van der Waals surface area (Å²) in [5, 5.41) is 4.87. The van der Waals surface area contributed by atoms with Gasteiger partial charge in [0.1, 0.15) is 13.2 Å². The fraction of sp³-hybridized carbons (Fsp3) is 0.174. The van der Waals surface area contributed by atoms with Gasteiger partial charge in [0.05, 0.1) is 33.1 Å². The zero-order valence-corrected chi connectivity index (χ0v) is 29.7. The number of hydrogen-bond donors (Lipinski definition) is 0. The smallest absolute Gasteiger partial charge is 0.216 e. The van der Waals surface area contributed by atoms with Gasteiger partial charge in [-0.05, 0) is 112 Å². The summed E-state index contributed by atoms with van der Waals surface area (Å²) in [4.78, 5) is 9.68. The summed E-state index contributed by atoms with van der Waals surface area (Å²) in [6.07, 6.45) is 0. The van der Waals surface area contributed by atoms with E-state index < -0.39 is 0 Å². The second-order valence-electron chi connectivity index (χ2n) is 15.3. The van der Waals surface area contributed by atoms with Crippen LogP contribution in [0.1, 0.15) is 38.8 Å². The Morgan fingerprint density at radius 2 is 0.846 bits per heavy atom. The topological polar surface area (TPSA) is 53.0 Å². The van der Waals surface area contributed by atoms with Crippen LogP contribution in [0.2, 0.25) is 0 Å². The molecule has 10 rings (SSSR count). The molecule has 8 aromatic rings. The molecule has 0 atom stereocenters. The lowest BCUT2D eigenvalue weighted by molar-refractivity contribution is 0.279. The van der Waals surface area contributed by atoms with Crippen molar-refractivity contribution < 1.29 is 9.47 Å². The van der Waals surface area contributed by atoms with Gasteiger partial charge >= 0.3 is 0 Å². The Hall–Kier alpha value is -6.14. The largest absolute Gasteiger partial charge is 0.475 e. The van der Waals surface area contributed by atoms with E-state index >= 15 is 0 Å². The normalized spacial score (nSPS) is 16.4. The van der Waals surface area contributed by atoms with Crippen LogP contribution in [-0.2, 0) is 9.47 Å². The molecule has 0 N–H and O–H groups in total. The summed E-state index contributed by atoms with van der Waals surface area (Å²) in [6, 6.07) is 48.1. The molecule has 6 nitrogen and oxygen atoms in total. The number of benzene rings is 6. The molecule has 0 saturated heterocycles. The molecule has 0 radical (unpaired) electrons. The number of ether oxygens (including phenoxy) is 2. The molecule has 0 fully saturated rings. The Morgan fingerprint density at radius 3 is 1.27 bits per heavy atom. The van der Waals surface area contributed by atoms with Crippen LogP contribution in [0.15, 0.2) is 143 Å². The molecule has 0 spiro atoms. The van der Waals surface area contributed by atoms with Gasteiger partial charge in [0, 0.05) is 44.0 Å². The van der Waals surface area contributed by atoms with Gasteiger partial charge in [0.25, 0.3) is 0 Å². The molecule has 6 heteroatoms. The van der Waals surface area contributed by atoms with E-state index in [0.717, 1.165) is 33.5 Å². The van der Waals surface area contributed by atoms with Crippen molar-refractivity contribution in [3.8, 4) is 22.5 Å². The zero-order chi connectivity index (χ0) is 35.2. The van der Waals surface area contributed by atoms with Crippen LogP contribution in [0.25, 0.3) is 66.1 Å². The molecular weight excluding hydrogens is 641 g/mol. The summed E-state index contributed by atoms with van der Waals surface area (Å²) in [6.45, 7) is 9.60. The highest BCUT2D eigenvalue weighted by atomic mass is 16.5. The maximum Gasteiger partial charge on any atom is 0.216 e. The van der Waals surface area contributed by atoms with Gasteiger partial charge in [-0.1, -0.05) is 60.7 Å². The van der Waals surface area contributed by atoms with Crippen LogP contribution in [0.3, 0.4) is 0 Å². The number of aromatic nitrogens is 2. The first-order valence-corrected chi connectivity index (χ1v) is 18.0. The van der Waals surface area contributed by atoms with Gasteiger partial charge in [-0.25, -0.2) is 9.98 Å². The minimum Gasteiger partial charge on any atom is -0.475 e. The second-order valence-corrected chi connectivity index (χ2v) is 15.3. The van der Waals surface area contributed by atoms with Crippen LogP contribution in [0.4, 0.5) is 0 Å². The molecule has 0 aliphatic carbocycles. The molecule has 6 aromatic carbocycles. The van der Waals surface area contributed by atoms with Crippen LogP contribution in [0.5, 0.6) is 0 Å². The number of aliphatic imine (C=N–C) groups is 2. The lowest BCUT2D eigenvalue weighted by atomic mass is 10.0. The molecule has 0 unspecified atom stereocenters. The van der Waals surface area contributed by atoms with Crippen LogP contribution >= 0.6 is 0 Å². The fourth-order valence-electron chi connectivity index (χ4n) is 7.88. The van der Waals surface area contributed by atoms with Crippen molar-refractivity contribution in [2.24, 2.45) is 9.98 Å². The Balaban J connectivity index is 1.10. The van der Waals surface area contributed by atoms with Gasteiger partial charge in [0.2, 0.25) is 11.8 Å². The SMILES string of the molecule is CC1(C)COC(c2cccc(-n3c4ccccc4c4cc(-c5ccc6c(c5)c5ccccc5n6-c5cccc(C6=NC(C)(C)CO6)c5)ccc43)c2)=N1. The Kier molecular flexibility index (Phi) is 6.59. The third kappa shape index (κ3) is 4.93. The average molecular weight is 679 g/mol. The first kappa shape index (κ1) is 30.7. The van der Waals surface area contributed by atoms with Gasteiger partial charge in [-0.3, -0.25) is 0 Å². The molecule has 2 aliphatic rings. The van der Waals surface area contributed by atoms with E-state index in [1.165, 1.54) is 43.7 Å². The second kappa shape index (κ2) is 11.2. The molecule has 0 amide bonds. The summed E-state index contributed by atoms with van der Waals surface area (Å²) in [5.74, 6) is 1.42. The molecule has 52 heavy (non-hydrogen) atoms. The number of fused-ring (bicyclic) bond motifs is 6. The maximum atomic E-state index is 6.01. The van der Waals surface area contributed by atoms with Crippen LogP contribution < -0.4 is 0 Å². The van der Waals surface area contributed by atoms with Crippen molar-refractivity contribution >= 4 is 55.4 Å². The summed E-state index contributed by atoms with van der Waals surface area (Å²) in [5.41, 5.74) is 10.7. The molecule has 0 saturated carbocycles. The van der Waals surface area contributed by atoms with Gasteiger partial charge in [-0.15, -0.1) is 0 Å². The van der Waals surface area contributed by atoms with Crippen molar-refractivity contribution in [1.82, 2.24) is 9.13 Å². The minimum atomic E-state index is -0.213.